The number of likely N-dealkylation sites (N-methyl/N-ethyl adjacent to an activating group) is 1. The highest BCUT2D eigenvalue weighted by Gasteiger charge is 2.10. The Bertz CT molecular complexity index is 596. The monoisotopic (exact) mass is 333 g/mol. The minimum atomic E-state index is 0.0413. The Balaban J connectivity index is 1.98. The van der Waals surface area contributed by atoms with Crippen LogP contribution in [-0.4, -0.2) is 29.4 Å². The molecule has 0 heterocycles. The summed E-state index contributed by atoms with van der Waals surface area (Å²) in [4.78, 5) is 14.1. The summed E-state index contributed by atoms with van der Waals surface area (Å²) in [6, 6.07) is 14.3. The lowest BCUT2D eigenvalue weighted by Gasteiger charge is -2.16. The molecule has 0 atom stereocenters. The number of Topliss-reactive ketones (excluding diaryl/α,β-unsaturated/α-hetero) is 1. The van der Waals surface area contributed by atoms with Crippen molar-refractivity contribution in [2.75, 3.05) is 13.6 Å². The molecule has 0 radical (unpaired) electrons. The third-order valence-electron chi connectivity index (χ3n) is 3.00. The fraction of sp³-hybridized carbons (Fsp3) is 0.188. The first kappa shape index (κ1) is 14.8. The average Bonchev–Trinajstić information content (AvgIpc) is 2.42. The molecule has 0 saturated carbocycles. The summed E-state index contributed by atoms with van der Waals surface area (Å²) in [5.41, 5.74) is 1.76. The number of phenols is 1. The lowest BCUT2D eigenvalue weighted by molar-refractivity contribution is 0.0943. The first-order valence-corrected chi connectivity index (χ1v) is 7.10. The van der Waals surface area contributed by atoms with E-state index in [1.807, 2.05) is 36.2 Å². The van der Waals surface area contributed by atoms with Crippen LogP contribution in [-0.2, 0) is 6.54 Å². The summed E-state index contributed by atoms with van der Waals surface area (Å²) in [6.45, 7) is 1.04. The number of rotatable bonds is 5. The van der Waals surface area contributed by atoms with E-state index >= 15 is 0 Å². The molecule has 2 rings (SSSR count). The molecule has 0 saturated heterocycles. The first-order chi connectivity index (χ1) is 9.56. The van der Waals surface area contributed by atoms with Crippen LogP contribution in [0.4, 0.5) is 0 Å². The molecule has 0 aromatic heterocycles. The third-order valence-corrected chi connectivity index (χ3v) is 3.77. The number of carbonyl (C=O) groups excluding carboxylic acids is 1. The Morgan fingerprint density at radius 1 is 1.15 bits per heavy atom. The SMILES string of the molecule is CN(CC(=O)c1ccc(O)cc1)Cc1ccccc1Br. The molecule has 20 heavy (non-hydrogen) atoms. The van der Waals surface area contributed by atoms with E-state index in [9.17, 15) is 9.90 Å². The van der Waals surface area contributed by atoms with Crippen LogP contribution in [0.5, 0.6) is 5.75 Å². The summed E-state index contributed by atoms with van der Waals surface area (Å²) >= 11 is 3.50. The molecule has 1 N–H and O–H groups in total. The quantitative estimate of drug-likeness (QED) is 0.851. The number of nitrogens with zero attached hydrogens (tertiary/aromatic N) is 1. The van der Waals surface area contributed by atoms with Crippen molar-refractivity contribution >= 4 is 21.7 Å². The summed E-state index contributed by atoms with van der Waals surface area (Å²) in [5, 5.41) is 9.22. The van der Waals surface area contributed by atoms with E-state index in [1.165, 1.54) is 12.1 Å². The van der Waals surface area contributed by atoms with E-state index in [1.54, 1.807) is 12.1 Å². The van der Waals surface area contributed by atoms with Crippen LogP contribution in [0.1, 0.15) is 15.9 Å². The highest BCUT2D eigenvalue weighted by molar-refractivity contribution is 9.10. The molecule has 0 unspecified atom stereocenters. The second-order valence-corrected chi connectivity index (χ2v) is 5.59. The summed E-state index contributed by atoms with van der Waals surface area (Å²) in [5.74, 6) is 0.211. The van der Waals surface area contributed by atoms with Crippen LogP contribution < -0.4 is 0 Å². The zero-order valence-corrected chi connectivity index (χ0v) is 12.8. The van der Waals surface area contributed by atoms with Gasteiger partial charge in [0.05, 0.1) is 6.54 Å². The number of carbonyl (C=O) groups is 1. The maximum atomic E-state index is 12.1. The van der Waals surface area contributed by atoms with Gasteiger partial charge >= 0.3 is 0 Å². The van der Waals surface area contributed by atoms with Gasteiger partial charge in [0.1, 0.15) is 5.75 Å². The van der Waals surface area contributed by atoms with E-state index in [4.69, 9.17) is 0 Å². The molecule has 0 aliphatic rings. The van der Waals surface area contributed by atoms with E-state index in [2.05, 4.69) is 15.9 Å². The number of benzene rings is 2. The second-order valence-electron chi connectivity index (χ2n) is 4.73. The molecule has 2 aromatic rings. The van der Waals surface area contributed by atoms with Crippen LogP contribution in [0.15, 0.2) is 53.0 Å². The van der Waals surface area contributed by atoms with E-state index < -0.39 is 0 Å². The molecular weight excluding hydrogens is 318 g/mol. The molecule has 0 aliphatic heterocycles. The number of phenolic OH excluding ortho intramolecular Hbond substituents is 1. The van der Waals surface area contributed by atoms with Crippen LogP contribution in [0.2, 0.25) is 0 Å². The smallest absolute Gasteiger partial charge is 0.176 e. The van der Waals surface area contributed by atoms with Crippen molar-refractivity contribution < 1.29 is 9.90 Å². The Kier molecular flexibility index (Phi) is 4.93. The van der Waals surface area contributed by atoms with Crippen LogP contribution >= 0.6 is 15.9 Å². The normalized spacial score (nSPS) is 10.8. The molecule has 104 valence electrons. The van der Waals surface area contributed by atoms with E-state index in [0.717, 1.165) is 10.0 Å². The average molecular weight is 334 g/mol. The van der Waals surface area contributed by atoms with Gasteiger partial charge < -0.3 is 5.11 Å². The van der Waals surface area contributed by atoms with Gasteiger partial charge in [-0.3, -0.25) is 9.69 Å². The predicted molar refractivity (Wildman–Crippen MR) is 82.9 cm³/mol. The molecule has 0 amide bonds. The largest absolute Gasteiger partial charge is 0.508 e. The third kappa shape index (κ3) is 3.92. The van der Waals surface area contributed by atoms with Gasteiger partial charge in [-0.2, -0.15) is 0 Å². The molecule has 2 aromatic carbocycles. The number of hydrogen-bond acceptors (Lipinski definition) is 3. The summed E-state index contributed by atoms with van der Waals surface area (Å²) < 4.78 is 1.05. The van der Waals surface area contributed by atoms with Gasteiger partial charge in [0.15, 0.2) is 5.78 Å². The standard InChI is InChI=1S/C16H16BrNO2/c1-18(10-13-4-2-3-5-15(13)17)11-16(20)12-6-8-14(19)9-7-12/h2-9,19H,10-11H2,1H3. The number of halogens is 1. The zero-order chi connectivity index (χ0) is 14.5. The van der Waals surface area contributed by atoms with Crippen LogP contribution in [0.3, 0.4) is 0 Å². The lowest BCUT2D eigenvalue weighted by Crippen LogP contribution is -2.25. The Morgan fingerprint density at radius 3 is 2.45 bits per heavy atom. The zero-order valence-electron chi connectivity index (χ0n) is 11.2. The first-order valence-electron chi connectivity index (χ1n) is 6.30. The fourth-order valence-corrected chi connectivity index (χ4v) is 2.37. The molecule has 3 nitrogen and oxygen atoms in total. The topological polar surface area (TPSA) is 40.5 Å². The van der Waals surface area contributed by atoms with Crippen molar-refractivity contribution in [2.45, 2.75) is 6.54 Å². The number of aromatic hydroxyl groups is 1. The van der Waals surface area contributed by atoms with Crippen molar-refractivity contribution in [3.05, 3.63) is 64.1 Å². The van der Waals surface area contributed by atoms with Gasteiger partial charge in [0, 0.05) is 16.6 Å². The van der Waals surface area contributed by atoms with Gasteiger partial charge in [-0.15, -0.1) is 0 Å². The van der Waals surface area contributed by atoms with Crippen LogP contribution in [0, 0.1) is 0 Å². The highest BCUT2D eigenvalue weighted by Crippen LogP contribution is 2.17. The highest BCUT2D eigenvalue weighted by atomic mass is 79.9. The van der Waals surface area contributed by atoms with Crippen molar-refractivity contribution in [2.24, 2.45) is 0 Å². The van der Waals surface area contributed by atoms with Crippen molar-refractivity contribution in [3.8, 4) is 5.75 Å². The van der Waals surface area contributed by atoms with Gasteiger partial charge in [-0.05, 0) is 42.9 Å². The molecule has 4 heteroatoms. The fourth-order valence-electron chi connectivity index (χ4n) is 1.96. The number of hydrogen-bond donors (Lipinski definition) is 1. The lowest BCUT2D eigenvalue weighted by atomic mass is 10.1. The minimum Gasteiger partial charge on any atom is -0.508 e. The van der Waals surface area contributed by atoms with Gasteiger partial charge in [0.25, 0.3) is 0 Å². The second kappa shape index (κ2) is 6.68. The molecule has 0 bridgehead atoms. The summed E-state index contributed by atoms with van der Waals surface area (Å²) in [7, 11) is 1.91. The van der Waals surface area contributed by atoms with E-state index in [0.29, 0.717) is 18.7 Å². The minimum absolute atomic E-state index is 0.0413. The Morgan fingerprint density at radius 2 is 1.80 bits per heavy atom. The van der Waals surface area contributed by atoms with Crippen molar-refractivity contribution in [1.29, 1.82) is 0 Å². The Hall–Kier alpha value is -1.65. The molecule has 0 aliphatic carbocycles. The van der Waals surface area contributed by atoms with Gasteiger partial charge in [-0.1, -0.05) is 34.1 Å². The van der Waals surface area contributed by atoms with Crippen molar-refractivity contribution in [1.82, 2.24) is 4.90 Å². The Labute approximate surface area is 127 Å². The molecular formula is C16H16BrNO2. The predicted octanol–water partition coefficient (Wildman–Crippen LogP) is 3.47. The van der Waals surface area contributed by atoms with Crippen LogP contribution in [0.25, 0.3) is 0 Å². The molecule has 0 spiro atoms. The van der Waals surface area contributed by atoms with Gasteiger partial charge in [0.2, 0.25) is 0 Å². The summed E-state index contributed by atoms with van der Waals surface area (Å²) in [6.07, 6.45) is 0. The maximum Gasteiger partial charge on any atom is 0.176 e. The number of ketones is 1. The van der Waals surface area contributed by atoms with E-state index in [-0.39, 0.29) is 11.5 Å². The molecule has 0 fully saturated rings. The van der Waals surface area contributed by atoms with Crippen molar-refractivity contribution in [3.63, 3.8) is 0 Å². The maximum absolute atomic E-state index is 12.1. The van der Waals surface area contributed by atoms with Gasteiger partial charge in [-0.25, -0.2) is 0 Å².